The van der Waals surface area contributed by atoms with E-state index in [0.717, 1.165) is 25.7 Å². The lowest BCUT2D eigenvalue weighted by Crippen LogP contribution is -2.44. The SMILES string of the molecule is CC(CC1CCCCC1)(N=NC(C)(CC1CCCCC1)C(N)=O)C(N)=O. The van der Waals surface area contributed by atoms with Gasteiger partial charge in [-0.05, 0) is 38.5 Å². The van der Waals surface area contributed by atoms with Crippen molar-refractivity contribution in [2.75, 3.05) is 0 Å². The maximum atomic E-state index is 12.1. The summed E-state index contributed by atoms with van der Waals surface area (Å²) >= 11 is 0. The minimum absolute atomic E-state index is 0.443. The Hall–Kier alpha value is -1.46. The van der Waals surface area contributed by atoms with Crippen LogP contribution in [0.2, 0.25) is 0 Å². The first-order valence-corrected chi connectivity index (χ1v) is 10.3. The fraction of sp³-hybridized carbons (Fsp3) is 0.900. The van der Waals surface area contributed by atoms with Crippen molar-refractivity contribution in [3.8, 4) is 0 Å². The van der Waals surface area contributed by atoms with Crippen molar-refractivity contribution in [3.63, 3.8) is 0 Å². The topological polar surface area (TPSA) is 111 Å². The molecule has 148 valence electrons. The highest BCUT2D eigenvalue weighted by molar-refractivity contribution is 5.85. The Balaban J connectivity index is 2.12. The van der Waals surface area contributed by atoms with Gasteiger partial charge in [0.1, 0.15) is 0 Å². The molecule has 0 heterocycles. The number of hydrogen-bond acceptors (Lipinski definition) is 4. The Kier molecular flexibility index (Phi) is 7.18. The third-order valence-electron chi connectivity index (χ3n) is 6.37. The lowest BCUT2D eigenvalue weighted by Gasteiger charge is -2.31. The van der Waals surface area contributed by atoms with Crippen LogP contribution in [0.5, 0.6) is 0 Å². The molecule has 0 aromatic carbocycles. The summed E-state index contributed by atoms with van der Waals surface area (Å²) in [7, 11) is 0. The van der Waals surface area contributed by atoms with Crippen molar-refractivity contribution >= 4 is 11.8 Å². The van der Waals surface area contributed by atoms with E-state index in [9.17, 15) is 9.59 Å². The summed E-state index contributed by atoms with van der Waals surface area (Å²) in [5.74, 6) is -0.0654. The normalized spacial score (nSPS) is 24.8. The summed E-state index contributed by atoms with van der Waals surface area (Å²) in [6, 6.07) is 0. The first-order valence-electron chi connectivity index (χ1n) is 10.3. The highest BCUT2D eigenvalue weighted by Crippen LogP contribution is 2.35. The zero-order valence-corrected chi connectivity index (χ0v) is 16.5. The van der Waals surface area contributed by atoms with Crippen LogP contribution in [0.1, 0.15) is 90.9 Å². The monoisotopic (exact) mass is 364 g/mol. The molecule has 0 aromatic heterocycles. The van der Waals surface area contributed by atoms with Gasteiger partial charge in [-0.3, -0.25) is 9.59 Å². The number of nitrogens with zero attached hydrogens (tertiary/aromatic N) is 2. The molecule has 4 N–H and O–H groups in total. The van der Waals surface area contributed by atoms with Crippen LogP contribution in [0, 0.1) is 11.8 Å². The predicted octanol–water partition coefficient (Wildman–Crippen LogP) is 3.87. The molecular formula is C20H36N4O2. The van der Waals surface area contributed by atoms with Gasteiger partial charge < -0.3 is 11.5 Å². The van der Waals surface area contributed by atoms with Crippen LogP contribution in [0.25, 0.3) is 0 Å². The molecule has 26 heavy (non-hydrogen) atoms. The van der Waals surface area contributed by atoms with Crippen LogP contribution in [-0.4, -0.2) is 22.9 Å². The van der Waals surface area contributed by atoms with Crippen LogP contribution in [0.4, 0.5) is 0 Å². The van der Waals surface area contributed by atoms with Gasteiger partial charge in [0.25, 0.3) is 0 Å². The summed E-state index contributed by atoms with van der Waals surface area (Å²) < 4.78 is 0. The summed E-state index contributed by atoms with van der Waals surface area (Å²) in [6.45, 7) is 3.49. The molecule has 0 aromatic rings. The molecule has 6 nitrogen and oxygen atoms in total. The summed E-state index contributed by atoms with van der Waals surface area (Å²) in [4.78, 5) is 24.2. The lowest BCUT2D eigenvalue weighted by molar-refractivity contribution is -0.125. The molecule has 2 rings (SSSR count). The Morgan fingerprint density at radius 1 is 0.731 bits per heavy atom. The van der Waals surface area contributed by atoms with E-state index in [4.69, 9.17) is 11.5 Å². The molecule has 2 atom stereocenters. The fourth-order valence-corrected chi connectivity index (χ4v) is 4.51. The van der Waals surface area contributed by atoms with Crippen molar-refractivity contribution in [1.82, 2.24) is 0 Å². The average molecular weight is 365 g/mol. The number of nitrogens with two attached hydrogens (primary N) is 2. The fourth-order valence-electron chi connectivity index (χ4n) is 4.51. The number of rotatable bonds is 8. The number of primary amides is 2. The standard InChI is InChI=1S/C20H36N4O2/c1-19(17(21)25,13-15-9-5-3-6-10-15)23-24-20(2,18(22)26)14-16-11-7-4-8-12-16/h15-16H,3-14H2,1-2H3,(H2,21,25)(H2,22,26). The van der Waals surface area contributed by atoms with E-state index < -0.39 is 22.9 Å². The molecular weight excluding hydrogens is 328 g/mol. The Morgan fingerprint density at radius 3 is 1.31 bits per heavy atom. The summed E-state index contributed by atoms with van der Waals surface area (Å²) in [6.07, 6.45) is 12.9. The van der Waals surface area contributed by atoms with Crippen molar-refractivity contribution in [2.24, 2.45) is 33.5 Å². The molecule has 0 spiro atoms. The molecule has 2 aliphatic rings. The second kappa shape index (κ2) is 8.96. The summed E-state index contributed by atoms with van der Waals surface area (Å²) in [5, 5.41) is 8.72. The van der Waals surface area contributed by atoms with Crippen LogP contribution in [0.3, 0.4) is 0 Å². The third kappa shape index (κ3) is 5.52. The molecule has 6 heteroatoms. The Bertz CT molecular complexity index is 478. The largest absolute Gasteiger partial charge is 0.368 e. The number of amides is 2. The van der Waals surface area contributed by atoms with E-state index in [1.807, 2.05) is 0 Å². The molecule has 0 radical (unpaired) electrons. The van der Waals surface area contributed by atoms with Gasteiger partial charge in [-0.25, -0.2) is 0 Å². The molecule has 2 unspecified atom stereocenters. The van der Waals surface area contributed by atoms with Gasteiger partial charge in [-0.15, -0.1) is 0 Å². The highest BCUT2D eigenvalue weighted by atomic mass is 16.2. The van der Waals surface area contributed by atoms with Crippen molar-refractivity contribution in [2.45, 2.75) is 102 Å². The van der Waals surface area contributed by atoms with Crippen LogP contribution in [-0.2, 0) is 9.59 Å². The van der Waals surface area contributed by atoms with Gasteiger partial charge in [0.2, 0.25) is 11.8 Å². The highest BCUT2D eigenvalue weighted by Gasteiger charge is 2.39. The van der Waals surface area contributed by atoms with Gasteiger partial charge in [-0.2, -0.15) is 10.2 Å². The number of carbonyl (C=O) groups is 2. The van der Waals surface area contributed by atoms with Gasteiger partial charge in [0.15, 0.2) is 11.1 Å². The van der Waals surface area contributed by atoms with Crippen LogP contribution in [0.15, 0.2) is 10.2 Å². The lowest BCUT2D eigenvalue weighted by atomic mass is 9.79. The molecule has 0 bridgehead atoms. The Labute approximate surface area is 157 Å². The van der Waals surface area contributed by atoms with E-state index in [-0.39, 0.29) is 0 Å². The first-order chi connectivity index (χ1) is 12.3. The van der Waals surface area contributed by atoms with Gasteiger partial charge in [-0.1, -0.05) is 64.2 Å². The quantitative estimate of drug-likeness (QED) is 0.637. The van der Waals surface area contributed by atoms with E-state index in [2.05, 4.69) is 10.2 Å². The van der Waals surface area contributed by atoms with Crippen LogP contribution < -0.4 is 11.5 Å². The number of hydrogen-bond donors (Lipinski definition) is 2. The maximum absolute atomic E-state index is 12.1. The van der Waals surface area contributed by atoms with Crippen LogP contribution >= 0.6 is 0 Å². The van der Waals surface area contributed by atoms with E-state index in [0.29, 0.717) is 24.7 Å². The predicted molar refractivity (Wildman–Crippen MR) is 102 cm³/mol. The molecule has 2 saturated carbocycles. The second-order valence-electron chi connectivity index (χ2n) is 8.89. The van der Waals surface area contributed by atoms with E-state index in [1.165, 1.54) is 38.5 Å². The van der Waals surface area contributed by atoms with Gasteiger partial charge in [0.05, 0.1) is 0 Å². The number of carbonyl (C=O) groups excluding carboxylic acids is 2. The van der Waals surface area contributed by atoms with E-state index in [1.54, 1.807) is 13.8 Å². The van der Waals surface area contributed by atoms with Gasteiger partial charge in [0, 0.05) is 0 Å². The van der Waals surface area contributed by atoms with Crippen molar-refractivity contribution in [3.05, 3.63) is 0 Å². The molecule has 2 amide bonds. The third-order valence-corrected chi connectivity index (χ3v) is 6.37. The molecule has 0 saturated heterocycles. The number of azo groups is 1. The minimum Gasteiger partial charge on any atom is -0.368 e. The maximum Gasteiger partial charge on any atom is 0.246 e. The van der Waals surface area contributed by atoms with Crippen molar-refractivity contribution < 1.29 is 9.59 Å². The first kappa shape index (κ1) is 20.8. The van der Waals surface area contributed by atoms with Gasteiger partial charge >= 0.3 is 0 Å². The smallest absolute Gasteiger partial charge is 0.246 e. The van der Waals surface area contributed by atoms with Crippen molar-refractivity contribution in [1.29, 1.82) is 0 Å². The average Bonchev–Trinajstić information content (AvgIpc) is 2.61. The zero-order chi connectivity index (χ0) is 19.2. The second-order valence-corrected chi connectivity index (χ2v) is 8.89. The Morgan fingerprint density at radius 2 is 1.04 bits per heavy atom. The summed E-state index contributed by atoms with van der Waals surface area (Å²) in [5.41, 5.74) is 9.21. The zero-order valence-electron chi connectivity index (χ0n) is 16.5. The minimum atomic E-state index is -1.06. The molecule has 2 aliphatic carbocycles. The van der Waals surface area contributed by atoms with E-state index >= 15 is 0 Å². The molecule has 2 fully saturated rings. The molecule has 0 aliphatic heterocycles.